The third-order valence-electron chi connectivity index (χ3n) is 4.01. The number of carbonyl (C=O) groups is 2. The number of carboxylic acid groups (broad SMARTS) is 1. The molecule has 0 bridgehead atoms. The maximum absolute atomic E-state index is 12.4. The molecule has 0 unspecified atom stereocenters. The quantitative estimate of drug-likeness (QED) is 0.424. The Bertz CT molecular complexity index is 1020. The summed E-state index contributed by atoms with van der Waals surface area (Å²) in [6.45, 7) is 0.231. The van der Waals surface area contributed by atoms with Gasteiger partial charge in [-0.2, -0.15) is 5.10 Å². The molecule has 0 aliphatic rings. The molecule has 0 amide bonds. The number of ketones is 1. The number of nitrogens with zero attached hydrogens (tertiary/aromatic N) is 2. The molecule has 0 saturated heterocycles. The van der Waals surface area contributed by atoms with Gasteiger partial charge in [-0.1, -0.05) is 35.3 Å². The number of benzene rings is 2. The van der Waals surface area contributed by atoms with E-state index in [1.807, 2.05) is 12.1 Å². The highest BCUT2D eigenvalue weighted by Crippen LogP contribution is 2.25. The molecule has 3 rings (SSSR count). The van der Waals surface area contributed by atoms with Gasteiger partial charge in [-0.25, -0.2) is 0 Å². The van der Waals surface area contributed by atoms with Crippen LogP contribution in [0.3, 0.4) is 0 Å². The third kappa shape index (κ3) is 5.09. The van der Waals surface area contributed by atoms with Crippen LogP contribution in [0.15, 0.2) is 60.8 Å². The lowest BCUT2D eigenvalue weighted by atomic mass is 10.1. The Morgan fingerprint density at radius 2 is 1.61 bits per heavy atom. The number of halogens is 2. The summed E-state index contributed by atoms with van der Waals surface area (Å²) in [6.07, 6.45) is 4.81. The molecule has 5 nitrogen and oxygen atoms in total. The van der Waals surface area contributed by atoms with Gasteiger partial charge < -0.3 is 5.11 Å². The SMILES string of the molecule is O=C(O)CCn1cc(C=CC(=O)c2ccc(Cl)cc2)c(-c2ccc(Cl)cc2)n1. The minimum absolute atomic E-state index is 0.0470. The van der Waals surface area contributed by atoms with Crippen LogP contribution in [-0.4, -0.2) is 26.6 Å². The largest absolute Gasteiger partial charge is 0.481 e. The van der Waals surface area contributed by atoms with Gasteiger partial charge in [0.05, 0.1) is 18.7 Å². The Morgan fingerprint density at radius 3 is 2.21 bits per heavy atom. The normalized spacial score (nSPS) is 11.1. The molecule has 0 aliphatic carbocycles. The lowest BCUT2D eigenvalue weighted by Crippen LogP contribution is -2.04. The molecule has 0 atom stereocenters. The van der Waals surface area contributed by atoms with Gasteiger partial charge in [0, 0.05) is 32.9 Å². The van der Waals surface area contributed by atoms with Crippen molar-refractivity contribution < 1.29 is 14.7 Å². The number of carboxylic acids is 1. The van der Waals surface area contributed by atoms with Crippen LogP contribution in [0.2, 0.25) is 10.0 Å². The van der Waals surface area contributed by atoms with Crippen LogP contribution < -0.4 is 0 Å². The maximum Gasteiger partial charge on any atom is 0.305 e. The fourth-order valence-corrected chi connectivity index (χ4v) is 2.84. The second kappa shape index (κ2) is 8.87. The molecule has 0 aliphatic heterocycles. The van der Waals surface area contributed by atoms with E-state index in [4.69, 9.17) is 28.3 Å². The average molecular weight is 415 g/mol. The highest BCUT2D eigenvalue weighted by Gasteiger charge is 2.11. The van der Waals surface area contributed by atoms with E-state index >= 15 is 0 Å². The number of carbonyl (C=O) groups excluding carboxylic acids is 1. The highest BCUT2D eigenvalue weighted by molar-refractivity contribution is 6.31. The van der Waals surface area contributed by atoms with E-state index in [1.165, 1.54) is 6.08 Å². The first-order valence-electron chi connectivity index (χ1n) is 8.45. The Labute approximate surface area is 171 Å². The second-order valence-corrected chi connectivity index (χ2v) is 6.92. The summed E-state index contributed by atoms with van der Waals surface area (Å²) in [5.74, 6) is -1.07. The summed E-state index contributed by atoms with van der Waals surface area (Å²) < 4.78 is 1.56. The molecule has 0 fully saturated rings. The molecule has 1 N–H and O–H groups in total. The highest BCUT2D eigenvalue weighted by atomic mass is 35.5. The van der Waals surface area contributed by atoms with E-state index in [-0.39, 0.29) is 18.7 Å². The van der Waals surface area contributed by atoms with Gasteiger partial charge in [0.25, 0.3) is 0 Å². The van der Waals surface area contributed by atoms with E-state index < -0.39 is 5.97 Å². The maximum atomic E-state index is 12.4. The predicted molar refractivity (Wildman–Crippen MR) is 110 cm³/mol. The summed E-state index contributed by atoms with van der Waals surface area (Å²) in [7, 11) is 0. The number of hydrogen-bond acceptors (Lipinski definition) is 3. The fourth-order valence-electron chi connectivity index (χ4n) is 2.59. The number of hydrogen-bond donors (Lipinski definition) is 1. The molecule has 3 aromatic rings. The van der Waals surface area contributed by atoms with Crippen LogP contribution in [0.4, 0.5) is 0 Å². The summed E-state index contributed by atoms with van der Waals surface area (Å²) in [6, 6.07) is 13.8. The van der Waals surface area contributed by atoms with Crippen LogP contribution in [-0.2, 0) is 11.3 Å². The van der Waals surface area contributed by atoms with Crippen molar-refractivity contribution in [2.45, 2.75) is 13.0 Å². The van der Waals surface area contributed by atoms with Crippen molar-refractivity contribution in [2.24, 2.45) is 0 Å². The minimum Gasteiger partial charge on any atom is -0.481 e. The molecule has 28 heavy (non-hydrogen) atoms. The molecule has 1 heterocycles. The zero-order valence-corrected chi connectivity index (χ0v) is 16.2. The Hall–Kier alpha value is -2.89. The van der Waals surface area contributed by atoms with Crippen molar-refractivity contribution in [1.82, 2.24) is 9.78 Å². The lowest BCUT2D eigenvalue weighted by Gasteiger charge is -2.00. The van der Waals surface area contributed by atoms with Crippen molar-refractivity contribution in [3.63, 3.8) is 0 Å². The van der Waals surface area contributed by atoms with Gasteiger partial charge in [-0.3, -0.25) is 14.3 Å². The summed E-state index contributed by atoms with van der Waals surface area (Å²) >= 11 is 11.8. The standard InChI is InChI=1S/C21H16Cl2N2O3/c22-17-6-1-14(2-7-17)19(26)10-5-16-13-25(12-11-20(27)28)24-21(16)15-3-8-18(23)9-4-15/h1-10,13H,11-12H2,(H,27,28). The van der Waals surface area contributed by atoms with Crippen LogP contribution >= 0.6 is 23.2 Å². The smallest absolute Gasteiger partial charge is 0.305 e. The van der Waals surface area contributed by atoms with Gasteiger partial charge in [0.1, 0.15) is 0 Å². The zero-order valence-electron chi connectivity index (χ0n) is 14.7. The molecule has 0 radical (unpaired) electrons. The van der Waals surface area contributed by atoms with Crippen LogP contribution in [0.5, 0.6) is 0 Å². The zero-order chi connectivity index (χ0) is 20.1. The van der Waals surface area contributed by atoms with Crippen molar-refractivity contribution in [3.8, 4) is 11.3 Å². The molecule has 142 valence electrons. The monoisotopic (exact) mass is 414 g/mol. The summed E-state index contributed by atoms with van der Waals surface area (Å²) in [5.41, 5.74) is 2.68. The summed E-state index contributed by atoms with van der Waals surface area (Å²) in [4.78, 5) is 23.2. The van der Waals surface area contributed by atoms with E-state index in [1.54, 1.807) is 53.4 Å². The van der Waals surface area contributed by atoms with E-state index in [2.05, 4.69) is 5.10 Å². The van der Waals surface area contributed by atoms with Gasteiger partial charge in [0.15, 0.2) is 5.78 Å². The van der Waals surface area contributed by atoms with Crippen LogP contribution in [0, 0.1) is 0 Å². The van der Waals surface area contributed by atoms with Crippen LogP contribution in [0.1, 0.15) is 22.3 Å². The van der Waals surface area contributed by atoms with Crippen LogP contribution in [0.25, 0.3) is 17.3 Å². The van der Waals surface area contributed by atoms with Gasteiger partial charge in [0.2, 0.25) is 0 Å². The number of aromatic nitrogens is 2. The number of allylic oxidation sites excluding steroid dienone is 1. The third-order valence-corrected chi connectivity index (χ3v) is 4.51. The number of aryl methyl sites for hydroxylation is 1. The van der Waals surface area contributed by atoms with E-state index in [0.29, 0.717) is 26.9 Å². The molecule has 1 aromatic heterocycles. The molecule has 0 spiro atoms. The van der Waals surface area contributed by atoms with Crippen molar-refractivity contribution in [3.05, 3.63) is 82.0 Å². The van der Waals surface area contributed by atoms with E-state index in [0.717, 1.165) is 5.56 Å². The molecule has 7 heteroatoms. The molecular weight excluding hydrogens is 399 g/mol. The Balaban J connectivity index is 1.90. The number of rotatable bonds is 7. The molecule has 0 saturated carbocycles. The van der Waals surface area contributed by atoms with Gasteiger partial charge in [-0.05, 0) is 48.6 Å². The minimum atomic E-state index is -0.904. The van der Waals surface area contributed by atoms with Crippen molar-refractivity contribution >= 4 is 41.0 Å². The van der Waals surface area contributed by atoms with E-state index in [9.17, 15) is 9.59 Å². The first-order chi connectivity index (χ1) is 13.4. The van der Waals surface area contributed by atoms with Gasteiger partial charge >= 0.3 is 5.97 Å². The molecular formula is C21H16Cl2N2O3. The lowest BCUT2D eigenvalue weighted by molar-refractivity contribution is -0.137. The van der Waals surface area contributed by atoms with Gasteiger partial charge in [-0.15, -0.1) is 0 Å². The van der Waals surface area contributed by atoms with Crippen molar-refractivity contribution in [1.29, 1.82) is 0 Å². The predicted octanol–water partition coefficient (Wildman–Crippen LogP) is 5.23. The summed E-state index contributed by atoms with van der Waals surface area (Å²) in [5, 5.41) is 14.5. The first kappa shape index (κ1) is 19.9. The Morgan fingerprint density at radius 1 is 1.00 bits per heavy atom. The Kier molecular flexibility index (Phi) is 6.29. The number of aliphatic carboxylic acids is 1. The first-order valence-corrected chi connectivity index (χ1v) is 9.21. The fraction of sp³-hybridized carbons (Fsp3) is 0.0952. The second-order valence-electron chi connectivity index (χ2n) is 6.05. The molecule has 2 aromatic carbocycles. The topological polar surface area (TPSA) is 72.2 Å². The average Bonchev–Trinajstić information content (AvgIpc) is 3.09. The van der Waals surface area contributed by atoms with Crippen molar-refractivity contribution in [2.75, 3.05) is 0 Å².